The fourth-order valence-corrected chi connectivity index (χ4v) is 2.52. The number of anilines is 1. The highest BCUT2D eigenvalue weighted by Gasteiger charge is 2.15. The van der Waals surface area contributed by atoms with E-state index in [1.165, 1.54) is 11.8 Å². The number of carboxylic acid groups (broad SMARTS) is 1. The molecule has 0 aliphatic carbocycles. The van der Waals surface area contributed by atoms with E-state index in [4.69, 9.17) is 10.8 Å². The first-order valence-electron chi connectivity index (χ1n) is 4.46. The van der Waals surface area contributed by atoms with Crippen LogP contribution in [0.4, 0.5) is 5.69 Å². The Morgan fingerprint density at radius 1 is 1.53 bits per heavy atom. The quantitative estimate of drug-likeness (QED) is 0.420. The minimum absolute atomic E-state index is 0.342. The van der Waals surface area contributed by atoms with Crippen LogP contribution in [0.1, 0.15) is 0 Å². The zero-order chi connectivity index (χ0) is 11.3. The van der Waals surface area contributed by atoms with E-state index in [-0.39, 0.29) is 0 Å². The number of rotatable bonds is 5. The number of nitrogen functional groups attached to an aromatic ring is 1. The Hall–Kier alpha value is -0.810. The van der Waals surface area contributed by atoms with Crippen molar-refractivity contribution in [3.05, 3.63) is 24.3 Å². The number of thiol groups is 1. The van der Waals surface area contributed by atoms with Gasteiger partial charge in [-0.15, -0.1) is 11.8 Å². The summed E-state index contributed by atoms with van der Waals surface area (Å²) in [7, 11) is 0. The molecule has 3 nitrogen and oxygen atoms in total. The van der Waals surface area contributed by atoms with Gasteiger partial charge in [0.05, 0.1) is 5.92 Å². The molecule has 0 radical (unpaired) electrons. The van der Waals surface area contributed by atoms with Crippen LogP contribution in [-0.4, -0.2) is 22.6 Å². The Morgan fingerprint density at radius 2 is 2.20 bits per heavy atom. The molecule has 1 unspecified atom stereocenters. The molecule has 0 aliphatic rings. The lowest BCUT2D eigenvalue weighted by atomic mass is 10.2. The Kier molecular flexibility index (Phi) is 4.84. The van der Waals surface area contributed by atoms with Crippen LogP contribution in [0.3, 0.4) is 0 Å². The minimum Gasteiger partial charge on any atom is -0.481 e. The van der Waals surface area contributed by atoms with Gasteiger partial charge in [-0.3, -0.25) is 4.79 Å². The molecule has 15 heavy (non-hydrogen) atoms. The average Bonchev–Trinajstić information content (AvgIpc) is 2.21. The van der Waals surface area contributed by atoms with E-state index in [1.807, 2.05) is 18.2 Å². The number of aliphatic carboxylic acids is 1. The third-order valence-electron chi connectivity index (χ3n) is 1.93. The van der Waals surface area contributed by atoms with Crippen LogP contribution in [0.25, 0.3) is 0 Å². The zero-order valence-electron chi connectivity index (χ0n) is 8.09. The maximum absolute atomic E-state index is 10.7. The Labute approximate surface area is 98.5 Å². The molecule has 1 rings (SSSR count). The van der Waals surface area contributed by atoms with Gasteiger partial charge in [0, 0.05) is 22.1 Å². The number of nitrogens with two attached hydrogens (primary N) is 1. The summed E-state index contributed by atoms with van der Waals surface area (Å²) < 4.78 is 0. The molecule has 0 aliphatic heterocycles. The molecule has 0 saturated carbocycles. The molecule has 1 aromatic carbocycles. The van der Waals surface area contributed by atoms with Crippen LogP contribution in [0.5, 0.6) is 0 Å². The highest BCUT2D eigenvalue weighted by atomic mass is 32.2. The number of benzene rings is 1. The summed E-state index contributed by atoms with van der Waals surface area (Å²) in [6.07, 6.45) is 0. The van der Waals surface area contributed by atoms with E-state index in [1.54, 1.807) is 6.07 Å². The highest BCUT2D eigenvalue weighted by molar-refractivity contribution is 7.99. The van der Waals surface area contributed by atoms with Gasteiger partial charge in [-0.1, -0.05) is 12.1 Å². The smallest absolute Gasteiger partial charge is 0.308 e. The third-order valence-corrected chi connectivity index (χ3v) is 3.62. The fraction of sp³-hybridized carbons (Fsp3) is 0.300. The minimum atomic E-state index is -0.813. The third kappa shape index (κ3) is 3.68. The van der Waals surface area contributed by atoms with Crippen molar-refractivity contribution in [1.29, 1.82) is 0 Å². The van der Waals surface area contributed by atoms with E-state index in [9.17, 15) is 4.79 Å². The summed E-state index contributed by atoms with van der Waals surface area (Å²) >= 11 is 5.46. The first-order chi connectivity index (χ1) is 7.15. The molecule has 1 atom stereocenters. The summed E-state index contributed by atoms with van der Waals surface area (Å²) in [5, 5.41) is 8.83. The predicted octanol–water partition coefficient (Wildman–Crippen LogP) is 1.99. The Bertz CT molecular complexity index is 344. The van der Waals surface area contributed by atoms with E-state index in [0.717, 1.165) is 4.90 Å². The van der Waals surface area contributed by atoms with Gasteiger partial charge in [0.1, 0.15) is 0 Å². The molecule has 0 spiro atoms. The van der Waals surface area contributed by atoms with Gasteiger partial charge in [-0.05, 0) is 12.1 Å². The first-order valence-corrected chi connectivity index (χ1v) is 6.08. The van der Waals surface area contributed by atoms with E-state index in [0.29, 0.717) is 17.2 Å². The monoisotopic (exact) mass is 243 g/mol. The van der Waals surface area contributed by atoms with Crippen molar-refractivity contribution in [2.45, 2.75) is 4.90 Å². The molecule has 0 heterocycles. The zero-order valence-corrected chi connectivity index (χ0v) is 9.80. The van der Waals surface area contributed by atoms with Crippen molar-refractivity contribution in [2.75, 3.05) is 17.2 Å². The van der Waals surface area contributed by atoms with E-state index >= 15 is 0 Å². The molecule has 5 heteroatoms. The normalized spacial score (nSPS) is 12.3. The summed E-state index contributed by atoms with van der Waals surface area (Å²) in [6.45, 7) is 0. The van der Waals surface area contributed by atoms with Gasteiger partial charge in [0.25, 0.3) is 0 Å². The number of carboxylic acids is 1. The van der Waals surface area contributed by atoms with Crippen molar-refractivity contribution < 1.29 is 9.90 Å². The molecule has 0 amide bonds. The molecule has 3 N–H and O–H groups in total. The Morgan fingerprint density at radius 3 is 2.73 bits per heavy atom. The topological polar surface area (TPSA) is 63.3 Å². The van der Waals surface area contributed by atoms with E-state index in [2.05, 4.69) is 12.6 Å². The van der Waals surface area contributed by atoms with Crippen molar-refractivity contribution in [1.82, 2.24) is 0 Å². The second kappa shape index (κ2) is 5.92. The van der Waals surface area contributed by atoms with Gasteiger partial charge in [0.15, 0.2) is 0 Å². The summed E-state index contributed by atoms with van der Waals surface area (Å²) in [4.78, 5) is 11.7. The molecule has 0 bridgehead atoms. The lowest BCUT2D eigenvalue weighted by Gasteiger charge is -2.09. The van der Waals surface area contributed by atoms with Crippen LogP contribution in [0.2, 0.25) is 0 Å². The number of para-hydroxylation sites is 1. The SMILES string of the molecule is Nc1ccccc1SCC(CS)C(=O)O. The summed E-state index contributed by atoms with van der Waals surface area (Å²) in [6, 6.07) is 7.43. The van der Waals surface area contributed by atoms with Gasteiger partial charge >= 0.3 is 5.97 Å². The number of hydrogen-bond donors (Lipinski definition) is 3. The van der Waals surface area contributed by atoms with Crippen molar-refractivity contribution >= 4 is 36.0 Å². The van der Waals surface area contributed by atoms with Crippen molar-refractivity contribution in [3.63, 3.8) is 0 Å². The number of hydrogen-bond acceptors (Lipinski definition) is 4. The van der Waals surface area contributed by atoms with Crippen LogP contribution in [0.15, 0.2) is 29.2 Å². The summed E-state index contributed by atoms with van der Waals surface area (Å²) in [5.41, 5.74) is 6.42. The van der Waals surface area contributed by atoms with Crippen molar-refractivity contribution in [3.8, 4) is 0 Å². The van der Waals surface area contributed by atoms with Crippen LogP contribution >= 0.6 is 24.4 Å². The molecule has 1 aromatic rings. The maximum atomic E-state index is 10.7. The van der Waals surface area contributed by atoms with Gasteiger partial charge < -0.3 is 10.8 Å². The Balaban J connectivity index is 2.56. The first kappa shape index (κ1) is 12.3. The van der Waals surface area contributed by atoms with E-state index < -0.39 is 11.9 Å². The molecule has 0 saturated heterocycles. The highest BCUT2D eigenvalue weighted by Crippen LogP contribution is 2.26. The molecule has 82 valence electrons. The lowest BCUT2D eigenvalue weighted by Crippen LogP contribution is -2.17. The molecule has 0 aromatic heterocycles. The predicted molar refractivity (Wildman–Crippen MR) is 66.6 cm³/mol. The lowest BCUT2D eigenvalue weighted by molar-refractivity contribution is -0.140. The molecular weight excluding hydrogens is 230 g/mol. The van der Waals surface area contributed by atoms with Gasteiger partial charge in [-0.2, -0.15) is 12.6 Å². The summed E-state index contributed by atoms with van der Waals surface area (Å²) in [5.74, 6) is -0.410. The van der Waals surface area contributed by atoms with Crippen LogP contribution < -0.4 is 5.73 Å². The largest absolute Gasteiger partial charge is 0.481 e. The average molecular weight is 243 g/mol. The molecule has 0 fully saturated rings. The van der Waals surface area contributed by atoms with Gasteiger partial charge in [-0.25, -0.2) is 0 Å². The van der Waals surface area contributed by atoms with Crippen LogP contribution in [-0.2, 0) is 4.79 Å². The second-order valence-corrected chi connectivity index (χ2v) is 4.49. The van der Waals surface area contributed by atoms with Gasteiger partial charge in [0.2, 0.25) is 0 Å². The maximum Gasteiger partial charge on any atom is 0.308 e. The van der Waals surface area contributed by atoms with Crippen LogP contribution in [0, 0.1) is 5.92 Å². The van der Waals surface area contributed by atoms with Crippen molar-refractivity contribution in [2.24, 2.45) is 5.92 Å². The molecular formula is C10H13NO2S2. The second-order valence-electron chi connectivity index (χ2n) is 3.07. The number of carbonyl (C=O) groups is 1. The fourth-order valence-electron chi connectivity index (χ4n) is 1.00. The standard InChI is InChI=1S/C10H13NO2S2/c11-8-3-1-2-4-9(8)15-6-7(5-14)10(12)13/h1-4,7,14H,5-6,11H2,(H,12,13). The number of thioether (sulfide) groups is 1.